The van der Waals surface area contributed by atoms with Crippen molar-refractivity contribution in [2.45, 2.75) is 25.9 Å². The lowest BCUT2D eigenvalue weighted by Gasteiger charge is -2.21. The molecule has 3 heteroatoms. The molecule has 0 fully saturated rings. The van der Waals surface area contributed by atoms with Crippen molar-refractivity contribution in [2.75, 3.05) is 6.61 Å². The summed E-state index contributed by atoms with van der Waals surface area (Å²) < 4.78 is 6.44. The molecule has 0 saturated carbocycles. The molecule has 0 aliphatic carbocycles. The smallest absolute Gasteiger partial charge is 0.137 e. The summed E-state index contributed by atoms with van der Waals surface area (Å²) in [6.45, 7) is 2.71. The standard InChI is InChI=1S/C13H15BrO2/c1-9-5-4-6-10(12(9)14)13(15)11-7-2-3-8-16-11/h4-7,13,15H,2-3,8H2,1H3. The number of aliphatic hydroxyl groups excluding tert-OH is 1. The van der Waals surface area contributed by atoms with Crippen molar-refractivity contribution in [3.8, 4) is 0 Å². The van der Waals surface area contributed by atoms with Gasteiger partial charge in [-0.3, -0.25) is 0 Å². The van der Waals surface area contributed by atoms with Crippen LogP contribution in [0.5, 0.6) is 0 Å². The van der Waals surface area contributed by atoms with E-state index in [1.165, 1.54) is 0 Å². The second-order valence-corrected chi connectivity index (χ2v) is 4.77. The first-order valence-corrected chi connectivity index (χ1v) is 6.25. The van der Waals surface area contributed by atoms with Gasteiger partial charge in [0.15, 0.2) is 0 Å². The molecular weight excluding hydrogens is 268 g/mol. The second-order valence-electron chi connectivity index (χ2n) is 3.98. The van der Waals surface area contributed by atoms with E-state index >= 15 is 0 Å². The average molecular weight is 283 g/mol. The van der Waals surface area contributed by atoms with Crippen LogP contribution in [-0.4, -0.2) is 11.7 Å². The van der Waals surface area contributed by atoms with Gasteiger partial charge in [-0.15, -0.1) is 0 Å². The van der Waals surface area contributed by atoms with Crippen LogP contribution in [0.4, 0.5) is 0 Å². The maximum Gasteiger partial charge on any atom is 0.137 e. The molecule has 0 radical (unpaired) electrons. The highest BCUT2D eigenvalue weighted by Gasteiger charge is 2.19. The predicted octanol–water partition coefficient (Wildman–Crippen LogP) is 3.49. The number of benzene rings is 1. The van der Waals surface area contributed by atoms with Crippen molar-refractivity contribution in [3.05, 3.63) is 45.6 Å². The van der Waals surface area contributed by atoms with E-state index in [1.807, 2.05) is 31.2 Å². The van der Waals surface area contributed by atoms with E-state index in [0.29, 0.717) is 12.4 Å². The van der Waals surface area contributed by atoms with Gasteiger partial charge in [-0.1, -0.05) is 34.1 Å². The van der Waals surface area contributed by atoms with Gasteiger partial charge < -0.3 is 9.84 Å². The molecule has 86 valence electrons. The minimum atomic E-state index is -0.658. The van der Waals surface area contributed by atoms with Crippen LogP contribution in [0.15, 0.2) is 34.5 Å². The van der Waals surface area contributed by atoms with Gasteiger partial charge in [0.1, 0.15) is 11.9 Å². The third kappa shape index (κ3) is 2.30. The van der Waals surface area contributed by atoms with E-state index < -0.39 is 6.10 Å². The highest BCUT2D eigenvalue weighted by Crippen LogP contribution is 2.32. The number of allylic oxidation sites excluding steroid dienone is 1. The molecule has 0 spiro atoms. The van der Waals surface area contributed by atoms with E-state index in [9.17, 15) is 5.11 Å². The third-order valence-corrected chi connectivity index (χ3v) is 3.83. The zero-order chi connectivity index (χ0) is 11.5. The molecule has 1 aliphatic rings. The molecule has 1 aromatic carbocycles. The van der Waals surface area contributed by atoms with Crippen LogP contribution in [-0.2, 0) is 4.74 Å². The van der Waals surface area contributed by atoms with Crippen molar-refractivity contribution in [1.82, 2.24) is 0 Å². The summed E-state index contributed by atoms with van der Waals surface area (Å²) in [6.07, 6.45) is 3.33. The van der Waals surface area contributed by atoms with Crippen molar-refractivity contribution in [1.29, 1.82) is 0 Å². The number of hydrogen-bond donors (Lipinski definition) is 1. The van der Waals surface area contributed by atoms with Gasteiger partial charge >= 0.3 is 0 Å². The summed E-state index contributed by atoms with van der Waals surface area (Å²) in [7, 11) is 0. The highest BCUT2D eigenvalue weighted by atomic mass is 79.9. The molecule has 1 unspecified atom stereocenters. The molecule has 0 amide bonds. The Morgan fingerprint density at radius 1 is 1.44 bits per heavy atom. The summed E-state index contributed by atoms with van der Waals surface area (Å²) in [5.74, 6) is 0.678. The van der Waals surface area contributed by atoms with E-state index in [1.54, 1.807) is 0 Å². The summed E-state index contributed by atoms with van der Waals surface area (Å²) in [4.78, 5) is 0. The van der Waals surface area contributed by atoms with Crippen LogP contribution in [0.1, 0.15) is 30.1 Å². The number of halogens is 1. The molecule has 0 saturated heterocycles. The molecule has 16 heavy (non-hydrogen) atoms. The molecule has 0 aromatic heterocycles. The summed E-state index contributed by atoms with van der Waals surface area (Å²) in [6, 6.07) is 5.87. The van der Waals surface area contributed by atoms with Crippen LogP contribution < -0.4 is 0 Å². The van der Waals surface area contributed by atoms with Crippen LogP contribution in [0.2, 0.25) is 0 Å². The van der Waals surface area contributed by atoms with E-state index in [-0.39, 0.29) is 0 Å². The molecule has 0 bridgehead atoms. The zero-order valence-corrected chi connectivity index (χ0v) is 10.8. The lowest BCUT2D eigenvalue weighted by molar-refractivity contribution is 0.0914. The maximum absolute atomic E-state index is 10.2. The third-order valence-electron chi connectivity index (χ3n) is 2.75. The molecule has 1 heterocycles. The average Bonchev–Trinajstić information content (AvgIpc) is 2.33. The fourth-order valence-electron chi connectivity index (χ4n) is 1.80. The first-order valence-electron chi connectivity index (χ1n) is 5.46. The summed E-state index contributed by atoms with van der Waals surface area (Å²) in [5.41, 5.74) is 1.99. The predicted molar refractivity (Wildman–Crippen MR) is 67.1 cm³/mol. The molecule has 1 aromatic rings. The zero-order valence-electron chi connectivity index (χ0n) is 9.24. The quantitative estimate of drug-likeness (QED) is 0.900. The first kappa shape index (κ1) is 11.7. The number of hydrogen-bond acceptors (Lipinski definition) is 2. The Kier molecular flexibility index (Phi) is 3.66. The van der Waals surface area contributed by atoms with Crippen molar-refractivity contribution < 1.29 is 9.84 Å². The van der Waals surface area contributed by atoms with Crippen LogP contribution >= 0.6 is 15.9 Å². The monoisotopic (exact) mass is 282 g/mol. The second kappa shape index (κ2) is 5.02. The fraction of sp³-hybridized carbons (Fsp3) is 0.385. The largest absolute Gasteiger partial charge is 0.495 e. The van der Waals surface area contributed by atoms with Gasteiger partial charge in [0.25, 0.3) is 0 Å². The molecular formula is C13H15BrO2. The number of ether oxygens (including phenoxy) is 1. The topological polar surface area (TPSA) is 29.5 Å². The van der Waals surface area contributed by atoms with Crippen molar-refractivity contribution in [3.63, 3.8) is 0 Å². The normalized spacial score (nSPS) is 17.6. The Bertz CT molecular complexity index is 412. The Labute approximate surface area is 104 Å². The minimum Gasteiger partial charge on any atom is -0.495 e. The molecule has 1 N–H and O–H groups in total. The van der Waals surface area contributed by atoms with Crippen molar-refractivity contribution >= 4 is 15.9 Å². The van der Waals surface area contributed by atoms with Gasteiger partial charge in [0, 0.05) is 10.0 Å². The van der Waals surface area contributed by atoms with E-state index in [4.69, 9.17) is 4.74 Å². The van der Waals surface area contributed by atoms with E-state index in [2.05, 4.69) is 15.9 Å². The number of aryl methyl sites for hydroxylation is 1. The number of aliphatic hydroxyl groups is 1. The summed E-state index contributed by atoms with van der Waals surface area (Å²) >= 11 is 3.50. The van der Waals surface area contributed by atoms with Gasteiger partial charge in [-0.25, -0.2) is 0 Å². The molecule has 2 nitrogen and oxygen atoms in total. The van der Waals surface area contributed by atoms with Crippen LogP contribution in [0, 0.1) is 6.92 Å². The summed E-state index contributed by atoms with van der Waals surface area (Å²) in [5, 5.41) is 10.2. The SMILES string of the molecule is Cc1cccc(C(O)C2=CCCCO2)c1Br. The lowest BCUT2D eigenvalue weighted by Crippen LogP contribution is -2.10. The maximum atomic E-state index is 10.2. The van der Waals surface area contributed by atoms with Gasteiger partial charge in [-0.05, 0) is 31.4 Å². The van der Waals surface area contributed by atoms with Crippen molar-refractivity contribution in [2.24, 2.45) is 0 Å². The highest BCUT2D eigenvalue weighted by molar-refractivity contribution is 9.10. The minimum absolute atomic E-state index is 0.658. The Morgan fingerprint density at radius 2 is 2.25 bits per heavy atom. The molecule has 1 atom stereocenters. The Hall–Kier alpha value is -0.800. The van der Waals surface area contributed by atoms with Gasteiger partial charge in [-0.2, -0.15) is 0 Å². The fourth-order valence-corrected chi connectivity index (χ4v) is 2.28. The van der Waals surface area contributed by atoms with E-state index in [0.717, 1.165) is 28.4 Å². The lowest BCUT2D eigenvalue weighted by atomic mass is 10.0. The van der Waals surface area contributed by atoms with Crippen LogP contribution in [0.25, 0.3) is 0 Å². The van der Waals surface area contributed by atoms with Gasteiger partial charge in [0.2, 0.25) is 0 Å². The first-order chi connectivity index (χ1) is 7.70. The Balaban J connectivity index is 2.29. The van der Waals surface area contributed by atoms with Gasteiger partial charge in [0.05, 0.1) is 6.61 Å². The number of rotatable bonds is 2. The molecule has 1 aliphatic heterocycles. The molecule has 2 rings (SSSR count). The van der Waals surface area contributed by atoms with Crippen LogP contribution in [0.3, 0.4) is 0 Å². The Morgan fingerprint density at radius 3 is 2.94 bits per heavy atom.